The van der Waals surface area contributed by atoms with E-state index in [1.165, 1.54) is 0 Å². The van der Waals surface area contributed by atoms with Crippen LogP contribution in [0.5, 0.6) is 0 Å². The van der Waals surface area contributed by atoms with Gasteiger partial charge >= 0.3 is 0 Å². The summed E-state index contributed by atoms with van der Waals surface area (Å²) in [5, 5.41) is 0. The van der Waals surface area contributed by atoms with E-state index in [0.717, 1.165) is 28.6 Å². The molecule has 4 heteroatoms. The Bertz CT molecular complexity index is 417. The SMILES string of the molecule is CCN1C=Nc2ccc(Br)cc2C1C=O. The average Bonchev–Trinajstić information content (AvgIpc) is 2.27. The first-order valence-electron chi connectivity index (χ1n) is 4.81. The lowest BCUT2D eigenvalue weighted by Gasteiger charge is -2.29. The smallest absolute Gasteiger partial charge is 0.147 e. The van der Waals surface area contributed by atoms with Gasteiger partial charge < -0.3 is 9.69 Å². The van der Waals surface area contributed by atoms with E-state index in [1.807, 2.05) is 30.0 Å². The number of carbonyl (C=O) groups is 1. The molecule has 0 amide bonds. The molecule has 1 aromatic rings. The third kappa shape index (κ3) is 1.81. The highest BCUT2D eigenvalue weighted by Crippen LogP contribution is 2.33. The van der Waals surface area contributed by atoms with Crippen molar-refractivity contribution >= 4 is 34.2 Å². The van der Waals surface area contributed by atoms with Gasteiger partial charge in [-0.15, -0.1) is 0 Å². The highest BCUT2D eigenvalue weighted by atomic mass is 79.9. The molecule has 0 saturated heterocycles. The van der Waals surface area contributed by atoms with Crippen LogP contribution in [0.2, 0.25) is 0 Å². The number of halogens is 1. The molecule has 0 fully saturated rings. The molecule has 78 valence electrons. The molecular formula is C11H11BrN2O. The molecule has 0 aromatic heterocycles. The number of benzene rings is 1. The third-order valence-corrected chi connectivity index (χ3v) is 3.00. The first-order chi connectivity index (χ1) is 7.26. The third-order valence-electron chi connectivity index (χ3n) is 2.50. The molecule has 2 rings (SSSR count). The lowest BCUT2D eigenvalue weighted by atomic mass is 10.0. The van der Waals surface area contributed by atoms with Gasteiger partial charge in [-0.3, -0.25) is 0 Å². The summed E-state index contributed by atoms with van der Waals surface area (Å²) in [6.07, 6.45) is 2.69. The van der Waals surface area contributed by atoms with Gasteiger partial charge in [-0.25, -0.2) is 4.99 Å². The molecule has 1 aliphatic heterocycles. The molecule has 0 bridgehead atoms. The Morgan fingerprint density at radius 3 is 3.07 bits per heavy atom. The van der Waals surface area contributed by atoms with Crippen molar-refractivity contribution in [3.05, 3.63) is 28.2 Å². The van der Waals surface area contributed by atoms with Gasteiger partial charge in [0.05, 0.1) is 12.0 Å². The van der Waals surface area contributed by atoms with Gasteiger partial charge in [0.1, 0.15) is 12.3 Å². The molecule has 15 heavy (non-hydrogen) atoms. The summed E-state index contributed by atoms with van der Waals surface area (Å²) in [6, 6.07) is 5.59. The first kappa shape index (κ1) is 10.4. The molecule has 1 aliphatic rings. The minimum atomic E-state index is -0.208. The maximum Gasteiger partial charge on any atom is 0.147 e. The van der Waals surface area contributed by atoms with E-state index in [9.17, 15) is 4.79 Å². The van der Waals surface area contributed by atoms with Crippen LogP contribution in [0, 0.1) is 0 Å². The summed E-state index contributed by atoms with van der Waals surface area (Å²) >= 11 is 3.40. The van der Waals surface area contributed by atoms with Crippen LogP contribution in [-0.2, 0) is 4.79 Å². The van der Waals surface area contributed by atoms with Gasteiger partial charge in [0, 0.05) is 16.6 Å². The second-order valence-corrected chi connectivity index (χ2v) is 4.27. The minimum absolute atomic E-state index is 0.208. The molecule has 0 spiro atoms. The monoisotopic (exact) mass is 266 g/mol. The van der Waals surface area contributed by atoms with E-state index in [2.05, 4.69) is 20.9 Å². The number of rotatable bonds is 2. The van der Waals surface area contributed by atoms with Crippen molar-refractivity contribution in [2.45, 2.75) is 13.0 Å². The van der Waals surface area contributed by atoms with Crippen LogP contribution >= 0.6 is 15.9 Å². The van der Waals surface area contributed by atoms with E-state index in [0.29, 0.717) is 0 Å². The van der Waals surface area contributed by atoms with Crippen LogP contribution in [-0.4, -0.2) is 24.1 Å². The highest BCUT2D eigenvalue weighted by molar-refractivity contribution is 9.10. The molecule has 1 aromatic carbocycles. The Balaban J connectivity index is 2.50. The molecule has 3 nitrogen and oxygen atoms in total. The van der Waals surface area contributed by atoms with Gasteiger partial charge in [-0.2, -0.15) is 0 Å². The molecule has 0 radical (unpaired) electrons. The maximum absolute atomic E-state index is 11.1. The van der Waals surface area contributed by atoms with Crippen LogP contribution in [0.25, 0.3) is 0 Å². The molecule has 0 saturated carbocycles. The van der Waals surface area contributed by atoms with E-state index < -0.39 is 0 Å². The van der Waals surface area contributed by atoms with Crippen molar-refractivity contribution in [3.8, 4) is 0 Å². The van der Waals surface area contributed by atoms with Crippen LogP contribution in [0.3, 0.4) is 0 Å². The average molecular weight is 267 g/mol. The summed E-state index contributed by atoms with van der Waals surface area (Å²) in [6.45, 7) is 2.78. The summed E-state index contributed by atoms with van der Waals surface area (Å²) in [5.74, 6) is 0. The summed E-state index contributed by atoms with van der Waals surface area (Å²) in [4.78, 5) is 17.3. The molecular weight excluding hydrogens is 256 g/mol. The molecule has 0 N–H and O–H groups in total. The predicted molar refractivity (Wildman–Crippen MR) is 63.5 cm³/mol. The van der Waals surface area contributed by atoms with Gasteiger partial charge in [-0.1, -0.05) is 15.9 Å². The minimum Gasteiger partial charge on any atom is -0.349 e. The molecule has 1 unspecified atom stereocenters. The largest absolute Gasteiger partial charge is 0.349 e. The van der Waals surface area contributed by atoms with Crippen LogP contribution in [0.15, 0.2) is 27.7 Å². The van der Waals surface area contributed by atoms with Crippen molar-refractivity contribution < 1.29 is 4.79 Å². The molecule has 0 aliphatic carbocycles. The number of hydrogen-bond donors (Lipinski definition) is 0. The maximum atomic E-state index is 11.1. The number of aliphatic imine (C=N–C) groups is 1. The van der Waals surface area contributed by atoms with Crippen molar-refractivity contribution in [1.29, 1.82) is 0 Å². The van der Waals surface area contributed by atoms with E-state index in [1.54, 1.807) is 6.34 Å². The Labute approximate surface area is 96.9 Å². The summed E-state index contributed by atoms with van der Waals surface area (Å²) in [5.41, 5.74) is 1.84. The normalized spacial score (nSPS) is 18.8. The number of hydrogen-bond acceptors (Lipinski definition) is 3. The first-order valence-corrected chi connectivity index (χ1v) is 5.60. The van der Waals surface area contributed by atoms with Crippen LogP contribution in [0.1, 0.15) is 18.5 Å². The predicted octanol–water partition coefficient (Wildman–Crippen LogP) is 2.68. The second-order valence-electron chi connectivity index (χ2n) is 3.36. The second kappa shape index (κ2) is 4.14. The number of carbonyl (C=O) groups excluding carboxylic acids is 1. The fraction of sp³-hybridized carbons (Fsp3) is 0.273. The van der Waals surface area contributed by atoms with Gasteiger partial charge in [-0.05, 0) is 25.1 Å². The Kier molecular flexibility index (Phi) is 2.86. The lowest BCUT2D eigenvalue weighted by Crippen LogP contribution is -2.30. The molecule has 1 heterocycles. The zero-order chi connectivity index (χ0) is 10.8. The quantitative estimate of drug-likeness (QED) is 0.772. The number of aldehydes is 1. The summed E-state index contributed by atoms with van der Waals surface area (Å²) in [7, 11) is 0. The van der Waals surface area contributed by atoms with Crippen LogP contribution in [0.4, 0.5) is 5.69 Å². The van der Waals surface area contributed by atoms with Crippen molar-refractivity contribution in [3.63, 3.8) is 0 Å². The topological polar surface area (TPSA) is 32.7 Å². The van der Waals surface area contributed by atoms with E-state index >= 15 is 0 Å². The Hall–Kier alpha value is -1.16. The van der Waals surface area contributed by atoms with E-state index in [4.69, 9.17) is 0 Å². The van der Waals surface area contributed by atoms with Crippen molar-refractivity contribution in [2.75, 3.05) is 6.54 Å². The van der Waals surface area contributed by atoms with Gasteiger partial charge in [0.15, 0.2) is 0 Å². The van der Waals surface area contributed by atoms with Gasteiger partial charge in [0.2, 0.25) is 0 Å². The Morgan fingerprint density at radius 2 is 2.40 bits per heavy atom. The Morgan fingerprint density at radius 1 is 1.60 bits per heavy atom. The highest BCUT2D eigenvalue weighted by Gasteiger charge is 2.22. The zero-order valence-corrected chi connectivity index (χ0v) is 9.94. The van der Waals surface area contributed by atoms with Crippen molar-refractivity contribution in [1.82, 2.24) is 4.90 Å². The van der Waals surface area contributed by atoms with Gasteiger partial charge in [0.25, 0.3) is 0 Å². The molecule has 1 atom stereocenters. The fourth-order valence-electron chi connectivity index (χ4n) is 1.70. The lowest BCUT2D eigenvalue weighted by molar-refractivity contribution is -0.111. The number of nitrogens with zero attached hydrogens (tertiary/aromatic N) is 2. The van der Waals surface area contributed by atoms with Crippen molar-refractivity contribution in [2.24, 2.45) is 4.99 Å². The fourth-order valence-corrected chi connectivity index (χ4v) is 2.08. The zero-order valence-electron chi connectivity index (χ0n) is 8.35. The van der Waals surface area contributed by atoms with Crippen LogP contribution < -0.4 is 0 Å². The summed E-state index contributed by atoms with van der Waals surface area (Å²) < 4.78 is 0.973. The number of fused-ring (bicyclic) bond motifs is 1. The standard InChI is InChI=1S/C11H11BrN2O/c1-2-14-7-13-10-4-3-8(12)5-9(10)11(14)6-15/h3-7,11H,2H2,1H3. The van der Waals surface area contributed by atoms with E-state index in [-0.39, 0.29) is 6.04 Å². The number of likely N-dealkylation sites (N-methyl/N-ethyl adjacent to an activating group) is 1.